The van der Waals surface area contributed by atoms with Crippen molar-refractivity contribution in [2.24, 2.45) is 0 Å². The molecule has 120 valence electrons. The van der Waals surface area contributed by atoms with Crippen LogP contribution in [0.15, 0.2) is 18.2 Å². The first-order valence-electron chi connectivity index (χ1n) is 7.65. The highest BCUT2D eigenvalue weighted by Gasteiger charge is 2.14. The smallest absolute Gasteiger partial charge is 0.243 e. The number of hydrogen-bond acceptors (Lipinski definition) is 2. The van der Waals surface area contributed by atoms with Gasteiger partial charge >= 0.3 is 0 Å². The molecule has 6 heteroatoms. The second kappa shape index (κ2) is 8.34. The number of thiocarbonyl (C=S) groups is 1. The first-order chi connectivity index (χ1) is 10.6. The Morgan fingerprint density at radius 2 is 2.05 bits per heavy atom. The molecule has 0 saturated heterocycles. The molecule has 1 amide bonds. The summed E-state index contributed by atoms with van der Waals surface area (Å²) in [6, 6.07) is 5.88. The van der Waals surface area contributed by atoms with Gasteiger partial charge in [-0.25, -0.2) is 0 Å². The van der Waals surface area contributed by atoms with Gasteiger partial charge < -0.3 is 16.0 Å². The van der Waals surface area contributed by atoms with Crippen LogP contribution in [0, 0.1) is 6.92 Å². The number of nitrogens with one attached hydrogen (secondary N) is 3. The van der Waals surface area contributed by atoms with Gasteiger partial charge in [0.15, 0.2) is 5.11 Å². The van der Waals surface area contributed by atoms with Gasteiger partial charge in [0.25, 0.3) is 0 Å². The van der Waals surface area contributed by atoms with Crippen LogP contribution >= 0.6 is 23.8 Å². The van der Waals surface area contributed by atoms with Crippen LogP contribution in [0.25, 0.3) is 0 Å². The fourth-order valence-corrected chi connectivity index (χ4v) is 2.99. The van der Waals surface area contributed by atoms with Crippen molar-refractivity contribution in [3.05, 3.63) is 28.8 Å². The Balaban J connectivity index is 1.75. The van der Waals surface area contributed by atoms with E-state index in [1.54, 1.807) is 6.07 Å². The van der Waals surface area contributed by atoms with Gasteiger partial charge in [-0.05, 0) is 49.7 Å². The van der Waals surface area contributed by atoms with E-state index in [2.05, 4.69) is 16.0 Å². The van der Waals surface area contributed by atoms with Crippen LogP contribution in [-0.2, 0) is 4.79 Å². The van der Waals surface area contributed by atoms with E-state index >= 15 is 0 Å². The maximum Gasteiger partial charge on any atom is 0.243 e. The highest BCUT2D eigenvalue weighted by Crippen LogP contribution is 2.22. The molecule has 4 nitrogen and oxygen atoms in total. The summed E-state index contributed by atoms with van der Waals surface area (Å²) in [6.45, 7) is 2.02. The molecule has 1 aliphatic carbocycles. The van der Waals surface area contributed by atoms with Crippen LogP contribution in [0.2, 0.25) is 5.02 Å². The van der Waals surface area contributed by atoms with Gasteiger partial charge in [-0.15, -0.1) is 0 Å². The summed E-state index contributed by atoms with van der Waals surface area (Å²) in [4.78, 5) is 12.0. The van der Waals surface area contributed by atoms with E-state index in [0.717, 1.165) is 24.1 Å². The molecule has 0 radical (unpaired) electrons. The normalized spacial score (nSPS) is 15.2. The maximum atomic E-state index is 12.0. The highest BCUT2D eigenvalue weighted by atomic mass is 35.5. The Labute approximate surface area is 142 Å². The first kappa shape index (κ1) is 17.0. The average molecular weight is 340 g/mol. The number of anilines is 1. The molecule has 0 atom stereocenters. The quantitative estimate of drug-likeness (QED) is 0.736. The number of carbonyl (C=O) groups is 1. The number of halogens is 1. The van der Waals surface area contributed by atoms with E-state index in [4.69, 9.17) is 23.8 Å². The lowest BCUT2D eigenvalue weighted by Gasteiger charge is -2.24. The third-order valence-corrected chi connectivity index (χ3v) is 4.56. The number of carbonyl (C=O) groups excluding carboxylic acids is 1. The molecule has 0 bridgehead atoms. The van der Waals surface area contributed by atoms with Gasteiger partial charge in [0, 0.05) is 16.8 Å². The molecule has 0 unspecified atom stereocenters. The summed E-state index contributed by atoms with van der Waals surface area (Å²) in [5.41, 5.74) is 1.59. The molecule has 0 aliphatic heterocycles. The van der Waals surface area contributed by atoms with Crippen molar-refractivity contribution in [1.82, 2.24) is 10.6 Å². The molecule has 22 heavy (non-hydrogen) atoms. The van der Waals surface area contributed by atoms with Crippen LogP contribution in [0.5, 0.6) is 0 Å². The Morgan fingerprint density at radius 1 is 1.32 bits per heavy atom. The molecule has 1 saturated carbocycles. The fourth-order valence-electron chi connectivity index (χ4n) is 2.58. The topological polar surface area (TPSA) is 53.2 Å². The standard InChI is InChI=1S/C16H22ClN3OS/c1-11-13(17)8-5-9-14(11)20-15(21)10-18-16(22)19-12-6-3-2-4-7-12/h5,8-9,12H,2-4,6-7,10H2,1H3,(H,20,21)(H2,18,19,22). The van der Waals surface area contributed by atoms with E-state index in [9.17, 15) is 4.79 Å². The molecule has 1 aromatic carbocycles. The Morgan fingerprint density at radius 3 is 2.77 bits per heavy atom. The minimum Gasteiger partial charge on any atom is -0.360 e. The zero-order valence-electron chi connectivity index (χ0n) is 12.7. The van der Waals surface area contributed by atoms with Gasteiger partial charge in [-0.3, -0.25) is 4.79 Å². The van der Waals surface area contributed by atoms with Crippen LogP contribution in [0.4, 0.5) is 5.69 Å². The van der Waals surface area contributed by atoms with Gasteiger partial charge in [0.1, 0.15) is 0 Å². The van der Waals surface area contributed by atoms with Crippen LogP contribution in [0.3, 0.4) is 0 Å². The fraction of sp³-hybridized carbons (Fsp3) is 0.500. The van der Waals surface area contributed by atoms with Crippen molar-refractivity contribution >= 4 is 40.5 Å². The molecule has 1 fully saturated rings. The van der Waals surface area contributed by atoms with Crippen LogP contribution < -0.4 is 16.0 Å². The lowest BCUT2D eigenvalue weighted by Crippen LogP contribution is -2.45. The molecule has 1 aliphatic rings. The van der Waals surface area contributed by atoms with Gasteiger partial charge in [0.2, 0.25) is 5.91 Å². The third kappa shape index (κ3) is 5.14. The van der Waals surface area contributed by atoms with Gasteiger partial charge in [-0.2, -0.15) is 0 Å². The molecule has 2 rings (SSSR count). The van der Waals surface area contributed by atoms with E-state index in [1.807, 2.05) is 19.1 Å². The third-order valence-electron chi connectivity index (χ3n) is 3.89. The summed E-state index contributed by atoms with van der Waals surface area (Å²) < 4.78 is 0. The Kier molecular flexibility index (Phi) is 6.46. The van der Waals surface area contributed by atoms with Crippen LogP contribution in [0.1, 0.15) is 37.7 Å². The zero-order chi connectivity index (χ0) is 15.9. The van der Waals surface area contributed by atoms with Crippen molar-refractivity contribution in [2.45, 2.75) is 45.1 Å². The van der Waals surface area contributed by atoms with E-state index in [-0.39, 0.29) is 12.5 Å². The summed E-state index contributed by atoms with van der Waals surface area (Å²) in [5.74, 6) is -0.141. The summed E-state index contributed by atoms with van der Waals surface area (Å²) in [7, 11) is 0. The SMILES string of the molecule is Cc1c(Cl)cccc1NC(=O)CNC(=S)NC1CCCCC1. The van der Waals surface area contributed by atoms with Crippen molar-refractivity contribution in [3.63, 3.8) is 0 Å². The average Bonchev–Trinajstić information content (AvgIpc) is 2.51. The molecule has 0 aromatic heterocycles. The van der Waals surface area contributed by atoms with Gasteiger partial charge in [0.05, 0.1) is 6.54 Å². The minimum atomic E-state index is -0.141. The lowest BCUT2D eigenvalue weighted by molar-refractivity contribution is -0.115. The van der Waals surface area contributed by atoms with E-state index in [1.165, 1.54) is 19.3 Å². The van der Waals surface area contributed by atoms with Crippen molar-refractivity contribution in [3.8, 4) is 0 Å². The molecule has 0 spiro atoms. The number of benzene rings is 1. The van der Waals surface area contributed by atoms with Crippen molar-refractivity contribution in [1.29, 1.82) is 0 Å². The monoisotopic (exact) mass is 339 g/mol. The predicted octanol–water partition coefficient (Wildman–Crippen LogP) is 3.38. The van der Waals surface area contributed by atoms with Crippen LogP contribution in [-0.4, -0.2) is 23.6 Å². The number of hydrogen-bond donors (Lipinski definition) is 3. The first-order valence-corrected chi connectivity index (χ1v) is 8.44. The second-order valence-corrected chi connectivity index (χ2v) is 6.44. The van der Waals surface area contributed by atoms with Crippen molar-refractivity contribution < 1.29 is 4.79 Å². The molecule has 1 aromatic rings. The summed E-state index contributed by atoms with van der Waals surface area (Å²) >= 11 is 11.3. The van der Waals surface area contributed by atoms with Crippen molar-refractivity contribution in [2.75, 3.05) is 11.9 Å². The minimum absolute atomic E-state index is 0.141. The Bertz CT molecular complexity index is 544. The number of rotatable bonds is 4. The number of amides is 1. The Hall–Kier alpha value is -1.33. The largest absolute Gasteiger partial charge is 0.360 e. The molecular weight excluding hydrogens is 318 g/mol. The molecule has 3 N–H and O–H groups in total. The summed E-state index contributed by atoms with van der Waals surface area (Å²) in [5, 5.41) is 10.3. The van der Waals surface area contributed by atoms with E-state index < -0.39 is 0 Å². The van der Waals surface area contributed by atoms with E-state index in [0.29, 0.717) is 16.2 Å². The summed E-state index contributed by atoms with van der Waals surface area (Å²) in [6.07, 6.45) is 6.09. The second-order valence-electron chi connectivity index (χ2n) is 5.62. The maximum absolute atomic E-state index is 12.0. The van der Waals surface area contributed by atoms with Gasteiger partial charge in [-0.1, -0.05) is 36.9 Å². The zero-order valence-corrected chi connectivity index (χ0v) is 14.3. The highest BCUT2D eigenvalue weighted by molar-refractivity contribution is 7.80. The lowest BCUT2D eigenvalue weighted by atomic mass is 9.96. The molecule has 0 heterocycles. The molecular formula is C16H22ClN3OS. The predicted molar refractivity (Wildman–Crippen MR) is 95.4 cm³/mol.